The van der Waals surface area contributed by atoms with Gasteiger partial charge in [-0.05, 0) is 23.8 Å². The fraction of sp³-hybridized carbons (Fsp3) is 0.250. The minimum Gasteiger partial charge on any atom is -0.497 e. The van der Waals surface area contributed by atoms with Gasteiger partial charge in [-0.1, -0.05) is 34.1 Å². The number of rotatable bonds is 7. The standard InChI is InChI=1S/C16H18BrNO3S/c1-20-15-7-6-13(16(9-15)21-2)10-18-22(19)11-12-4-3-5-14(17)8-12/h3-9,18H,10-11H2,1-2H3. The van der Waals surface area contributed by atoms with Crippen LogP contribution in [0.25, 0.3) is 0 Å². The molecule has 0 aromatic heterocycles. The highest BCUT2D eigenvalue weighted by Gasteiger charge is 2.07. The van der Waals surface area contributed by atoms with Gasteiger partial charge in [-0.3, -0.25) is 0 Å². The van der Waals surface area contributed by atoms with Crippen LogP contribution in [-0.2, 0) is 23.3 Å². The molecule has 118 valence electrons. The number of ether oxygens (including phenoxy) is 2. The van der Waals surface area contributed by atoms with Crippen molar-refractivity contribution >= 4 is 26.9 Å². The maximum absolute atomic E-state index is 12.1. The van der Waals surface area contributed by atoms with Gasteiger partial charge in [0, 0.05) is 22.6 Å². The van der Waals surface area contributed by atoms with E-state index in [1.165, 1.54) is 0 Å². The zero-order valence-electron chi connectivity index (χ0n) is 12.5. The van der Waals surface area contributed by atoms with Crippen LogP contribution in [0, 0.1) is 0 Å². The number of halogens is 1. The highest BCUT2D eigenvalue weighted by atomic mass is 79.9. The largest absolute Gasteiger partial charge is 0.497 e. The lowest BCUT2D eigenvalue weighted by Gasteiger charge is -2.11. The molecule has 0 saturated carbocycles. The topological polar surface area (TPSA) is 47.6 Å². The van der Waals surface area contributed by atoms with E-state index in [-0.39, 0.29) is 0 Å². The summed E-state index contributed by atoms with van der Waals surface area (Å²) in [6.45, 7) is 0.466. The second-order valence-electron chi connectivity index (χ2n) is 4.62. The number of benzene rings is 2. The van der Waals surface area contributed by atoms with Crippen LogP contribution in [0.1, 0.15) is 11.1 Å². The van der Waals surface area contributed by atoms with Crippen molar-refractivity contribution < 1.29 is 13.7 Å². The van der Waals surface area contributed by atoms with Crippen molar-refractivity contribution in [3.8, 4) is 11.5 Å². The van der Waals surface area contributed by atoms with E-state index >= 15 is 0 Å². The minimum atomic E-state index is -1.15. The van der Waals surface area contributed by atoms with E-state index in [1.54, 1.807) is 14.2 Å². The van der Waals surface area contributed by atoms with E-state index in [9.17, 15) is 4.21 Å². The van der Waals surface area contributed by atoms with E-state index < -0.39 is 11.0 Å². The Morgan fingerprint density at radius 2 is 1.95 bits per heavy atom. The van der Waals surface area contributed by atoms with Crippen molar-refractivity contribution in [2.24, 2.45) is 0 Å². The van der Waals surface area contributed by atoms with Crippen molar-refractivity contribution in [1.82, 2.24) is 4.72 Å². The Kier molecular flexibility index (Phi) is 6.42. The van der Waals surface area contributed by atoms with Gasteiger partial charge < -0.3 is 9.47 Å². The molecular weight excluding hydrogens is 366 g/mol. The van der Waals surface area contributed by atoms with Gasteiger partial charge in [0.15, 0.2) is 0 Å². The molecule has 1 N–H and O–H groups in total. The molecule has 22 heavy (non-hydrogen) atoms. The predicted molar refractivity (Wildman–Crippen MR) is 92.4 cm³/mol. The summed E-state index contributed by atoms with van der Waals surface area (Å²) in [6.07, 6.45) is 0. The normalized spacial score (nSPS) is 12.0. The summed E-state index contributed by atoms with van der Waals surface area (Å²) in [5, 5.41) is 0. The molecule has 0 aliphatic heterocycles. The summed E-state index contributed by atoms with van der Waals surface area (Å²) in [5.74, 6) is 1.90. The lowest BCUT2D eigenvalue weighted by Crippen LogP contribution is -2.18. The van der Waals surface area contributed by atoms with Gasteiger partial charge in [0.1, 0.15) is 11.5 Å². The Morgan fingerprint density at radius 1 is 1.14 bits per heavy atom. The monoisotopic (exact) mass is 383 g/mol. The van der Waals surface area contributed by atoms with Crippen molar-refractivity contribution in [3.63, 3.8) is 0 Å². The van der Waals surface area contributed by atoms with Crippen LogP contribution in [0.15, 0.2) is 46.9 Å². The highest BCUT2D eigenvalue weighted by molar-refractivity contribution is 9.10. The highest BCUT2D eigenvalue weighted by Crippen LogP contribution is 2.24. The zero-order valence-corrected chi connectivity index (χ0v) is 14.9. The van der Waals surface area contributed by atoms with Crippen LogP contribution < -0.4 is 14.2 Å². The third-order valence-corrected chi connectivity index (χ3v) is 4.66. The van der Waals surface area contributed by atoms with Crippen LogP contribution in [0.3, 0.4) is 0 Å². The van der Waals surface area contributed by atoms with Crippen molar-refractivity contribution in [1.29, 1.82) is 0 Å². The summed E-state index contributed by atoms with van der Waals surface area (Å²) in [4.78, 5) is 0. The summed E-state index contributed by atoms with van der Waals surface area (Å²) < 4.78 is 26.6. The SMILES string of the molecule is COc1ccc(CNS(=O)Cc2cccc(Br)c2)c(OC)c1. The molecule has 0 fully saturated rings. The molecule has 0 radical (unpaired) electrons. The van der Waals surface area contributed by atoms with Crippen LogP contribution in [-0.4, -0.2) is 18.4 Å². The molecule has 1 unspecified atom stereocenters. The quantitative estimate of drug-likeness (QED) is 0.796. The van der Waals surface area contributed by atoms with Gasteiger partial charge >= 0.3 is 0 Å². The first kappa shape index (κ1) is 17.0. The van der Waals surface area contributed by atoms with E-state index in [0.717, 1.165) is 21.3 Å². The maximum atomic E-state index is 12.1. The van der Waals surface area contributed by atoms with Crippen molar-refractivity contribution in [2.45, 2.75) is 12.3 Å². The lowest BCUT2D eigenvalue weighted by atomic mass is 10.2. The predicted octanol–water partition coefficient (Wildman–Crippen LogP) is 3.42. The first-order chi connectivity index (χ1) is 10.6. The maximum Gasteiger partial charge on any atom is 0.127 e. The molecule has 0 aliphatic carbocycles. The second-order valence-corrected chi connectivity index (χ2v) is 6.80. The molecule has 0 spiro atoms. The molecule has 2 aromatic rings. The van der Waals surface area contributed by atoms with Gasteiger partial charge in [0.2, 0.25) is 0 Å². The molecule has 2 rings (SSSR count). The average Bonchev–Trinajstić information content (AvgIpc) is 2.52. The lowest BCUT2D eigenvalue weighted by molar-refractivity contribution is 0.391. The smallest absolute Gasteiger partial charge is 0.127 e. The molecule has 0 aliphatic rings. The fourth-order valence-corrected chi connectivity index (χ4v) is 3.33. The summed E-state index contributed by atoms with van der Waals surface area (Å²) in [5.41, 5.74) is 1.95. The molecule has 0 heterocycles. The van der Waals surface area contributed by atoms with Crippen LogP contribution >= 0.6 is 15.9 Å². The fourth-order valence-electron chi connectivity index (χ4n) is 1.99. The van der Waals surface area contributed by atoms with Gasteiger partial charge in [-0.15, -0.1) is 0 Å². The Morgan fingerprint density at radius 3 is 2.64 bits per heavy atom. The first-order valence-electron chi connectivity index (χ1n) is 6.69. The minimum absolute atomic E-state index is 0.456. The van der Waals surface area contributed by atoms with E-state index in [2.05, 4.69) is 20.7 Å². The zero-order chi connectivity index (χ0) is 15.9. The first-order valence-corrected chi connectivity index (χ1v) is 8.81. The molecule has 2 aromatic carbocycles. The van der Waals surface area contributed by atoms with Crippen molar-refractivity contribution in [3.05, 3.63) is 58.1 Å². The van der Waals surface area contributed by atoms with Crippen LogP contribution in [0.5, 0.6) is 11.5 Å². The number of nitrogens with one attached hydrogen (secondary N) is 1. The Balaban J connectivity index is 1.96. The Bertz CT molecular complexity index is 664. The van der Waals surface area contributed by atoms with Crippen LogP contribution in [0.4, 0.5) is 0 Å². The number of methoxy groups -OCH3 is 2. The summed E-state index contributed by atoms with van der Waals surface area (Å²) in [6, 6.07) is 13.4. The molecule has 0 bridgehead atoms. The van der Waals surface area contributed by atoms with E-state index in [4.69, 9.17) is 9.47 Å². The van der Waals surface area contributed by atoms with Crippen LogP contribution in [0.2, 0.25) is 0 Å². The molecule has 6 heteroatoms. The third kappa shape index (κ3) is 4.83. The molecule has 0 saturated heterocycles. The van der Waals surface area contributed by atoms with E-state index in [1.807, 2.05) is 42.5 Å². The molecule has 4 nitrogen and oxygen atoms in total. The van der Waals surface area contributed by atoms with Gasteiger partial charge in [-0.25, -0.2) is 8.93 Å². The van der Waals surface area contributed by atoms with Gasteiger partial charge in [-0.2, -0.15) is 0 Å². The Labute approximate surface area is 141 Å². The van der Waals surface area contributed by atoms with E-state index in [0.29, 0.717) is 18.0 Å². The molecule has 1 atom stereocenters. The summed E-state index contributed by atoms with van der Waals surface area (Å²) in [7, 11) is 2.06. The van der Waals surface area contributed by atoms with Crippen molar-refractivity contribution in [2.75, 3.05) is 14.2 Å². The molecular formula is C16H18BrNO3S. The average molecular weight is 384 g/mol. The second kappa shape index (κ2) is 8.31. The molecule has 0 amide bonds. The third-order valence-electron chi connectivity index (χ3n) is 3.10. The summed E-state index contributed by atoms with van der Waals surface area (Å²) >= 11 is 3.41. The van der Waals surface area contributed by atoms with Gasteiger partial charge in [0.05, 0.1) is 31.0 Å². The Hall–Kier alpha value is -1.37. The number of hydrogen-bond acceptors (Lipinski definition) is 3. The van der Waals surface area contributed by atoms with Gasteiger partial charge in [0.25, 0.3) is 0 Å². The number of hydrogen-bond donors (Lipinski definition) is 1.